The molecule has 2 aromatic rings. The van der Waals surface area contributed by atoms with E-state index < -0.39 is 15.9 Å². The fourth-order valence-electron chi connectivity index (χ4n) is 1.52. The summed E-state index contributed by atoms with van der Waals surface area (Å²) in [6.07, 6.45) is 0. The van der Waals surface area contributed by atoms with Crippen molar-refractivity contribution in [2.24, 2.45) is 0 Å². The van der Waals surface area contributed by atoms with Crippen molar-refractivity contribution in [2.75, 3.05) is 0 Å². The highest BCUT2D eigenvalue weighted by molar-refractivity contribution is 14.1. The summed E-state index contributed by atoms with van der Waals surface area (Å²) in [7, 11) is -3.92. The van der Waals surface area contributed by atoms with Gasteiger partial charge in [-0.2, -0.15) is 0 Å². The quantitative estimate of drug-likeness (QED) is 0.652. The van der Waals surface area contributed by atoms with Crippen LogP contribution in [0.3, 0.4) is 0 Å². The third kappa shape index (κ3) is 4.18. The molecule has 2 rings (SSSR count). The highest BCUT2D eigenvalue weighted by Gasteiger charge is 2.20. The standard InChI is InChI=1S/C13H8BrClINO3S/c14-8-1-6-11(12(15)7-8)13(18)17-21(19,20)10-4-2-9(16)3-5-10/h1-7H,(H,17,18). The van der Waals surface area contributed by atoms with E-state index in [1.165, 1.54) is 24.3 Å². The smallest absolute Gasteiger partial charge is 0.266 e. The molecule has 1 N–H and O–H groups in total. The molecule has 0 saturated carbocycles. The van der Waals surface area contributed by atoms with Gasteiger partial charge in [-0.3, -0.25) is 4.79 Å². The van der Waals surface area contributed by atoms with Crippen LogP contribution in [-0.4, -0.2) is 14.3 Å². The average Bonchev–Trinajstić information content (AvgIpc) is 2.38. The van der Waals surface area contributed by atoms with Gasteiger partial charge in [0, 0.05) is 8.04 Å². The molecule has 0 fully saturated rings. The van der Waals surface area contributed by atoms with E-state index in [0.29, 0.717) is 4.47 Å². The van der Waals surface area contributed by atoms with Crippen LogP contribution < -0.4 is 4.72 Å². The third-order valence-corrected chi connectivity index (χ3v) is 5.40. The predicted molar refractivity (Wildman–Crippen MR) is 93.0 cm³/mol. The second kappa shape index (κ2) is 6.64. The predicted octanol–water partition coefficient (Wildman–Crippen LogP) is 3.83. The minimum absolute atomic E-state index is 0.0181. The third-order valence-electron chi connectivity index (χ3n) is 2.53. The lowest BCUT2D eigenvalue weighted by molar-refractivity contribution is 0.0981. The van der Waals surface area contributed by atoms with E-state index in [0.717, 1.165) is 3.57 Å². The Labute approximate surface area is 149 Å². The van der Waals surface area contributed by atoms with Gasteiger partial charge < -0.3 is 0 Å². The molecule has 0 aromatic heterocycles. The van der Waals surface area contributed by atoms with E-state index in [4.69, 9.17) is 11.6 Å². The van der Waals surface area contributed by atoms with Crippen LogP contribution in [-0.2, 0) is 10.0 Å². The first-order valence-corrected chi connectivity index (χ1v) is 9.30. The second-order valence-electron chi connectivity index (χ2n) is 4.01. The first-order chi connectivity index (χ1) is 9.79. The fraction of sp³-hybridized carbons (Fsp3) is 0. The molecule has 110 valence electrons. The number of sulfonamides is 1. The minimum Gasteiger partial charge on any atom is -0.268 e. The van der Waals surface area contributed by atoms with Gasteiger partial charge >= 0.3 is 0 Å². The van der Waals surface area contributed by atoms with Crippen molar-refractivity contribution < 1.29 is 13.2 Å². The zero-order chi connectivity index (χ0) is 15.6. The number of carbonyl (C=O) groups excluding carboxylic acids is 1. The maximum absolute atomic E-state index is 12.1. The summed E-state index contributed by atoms with van der Waals surface area (Å²) in [5, 5.41) is 0.166. The van der Waals surface area contributed by atoms with Crippen molar-refractivity contribution >= 4 is 66.1 Å². The molecular formula is C13H8BrClINO3S. The van der Waals surface area contributed by atoms with Crippen LogP contribution >= 0.6 is 50.1 Å². The van der Waals surface area contributed by atoms with E-state index in [2.05, 4.69) is 38.5 Å². The highest BCUT2D eigenvalue weighted by Crippen LogP contribution is 2.22. The SMILES string of the molecule is O=C(NS(=O)(=O)c1ccc(I)cc1)c1ccc(Br)cc1Cl. The summed E-state index contributed by atoms with van der Waals surface area (Å²) in [5.41, 5.74) is 0.0916. The van der Waals surface area contributed by atoms with E-state index in [1.807, 2.05) is 4.72 Å². The number of hydrogen-bond donors (Lipinski definition) is 1. The van der Waals surface area contributed by atoms with Gasteiger partial charge in [0.15, 0.2) is 0 Å². The maximum Gasteiger partial charge on any atom is 0.266 e. The number of carbonyl (C=O) groups is 1. The van der Waals surface area contributed by atoms with Crippen LogP contribution in [0.1, 0.15) is 10.4 Å². The van der Waals surface area contributed by atoms with Gasteiger partial charge in [-0.1, -0.05) is 27.5 Å². The monoisotopic (exact) mass is 499 g/mol. The van der Waals surface area contributed by atoms with E-state index >= 15 is 0 Å². The Hall–Kier alpha value is -0.640. The van der Waals surface area contributed by atoms with Crippen molar-refractivity contribution in [1.29, 1.82) is 0 Å². The zero-order valence-corrected chi connectivity index (χ0v) is 15.6. The average molecular weight is 501 g/mol. The van der Waals surface area contributed by atoms with Crippen molar-refractivity contribution in [2.45, 2.75) is 4.90 Å². The lowest BCUT2D eigenvalue weighted by Crippen LogP contribution is -2.30. The van der Waals surface area contributed by atoms with E-state index in [-0.39, 0.29) is 15.5 Å². The molecule has 2 aromatic carbocycles. The van der Waals surface area contributed by atoms with E-state index in [1.54, 1.807) is 18.2 Å². The Bertz CT molecular complexity index is 794. The van der Waals surface area contributed by atoms with Gasteiger partial charge in [0.05, 0.1) is 15.5 Å². The van der Waals surface area contributed by atoms with Crippen LogP contribution in [0.25, 0.3) is 0 Å². The topological polar surface area (TPSA) is 63.2 Å². The van der Waals surface area contributed by atoms with E-state index in [9.17, 15) is 13.2 Å². The summed E-state index contributed by atoms with van der Waals surface area (Å²) in [5.74, 6) is -0.772. The Morgan fingerprint density at radius 1 is 1.14 bits per heavy atom. The normalized spacial score (nSPS) is 11.2. The number of benzene rings is 2. The van der Waals surface area contributed by atoms with Gasteiger partial charge in [-0.15, -0.1) is 0 Å². The minimum atomic E-state index is -3.92. The van der Waals surface area contributed by atoms with Crippen LogP contribution in [0.2, 0.25) is 5.02 Å². The molecule has 1 amide bonds. The molecule has 0 saturated heterocycles. The molecule has 0 atom stereocenters. The molecule has 0 spiro atoms. The van der Waals surface area contributed by atoms with Crippen molar-refractivity contribution in [3.63, 3.8) is 0 Å². The largest absolute Gasteiger partial charge is 0.268 e. The van der Waals surface area contributed by atoms with Crippen LogP contribution in [0.5, 0.6) is 0 Å². The number of halogens is 3. The zero-order valence-electron chi connectivity index (χ0n) is 10.3. The van der Waals surface area contributed by atoms with Crippen molar-refractivity contribution in [3.05, 3.63) is 61.1 Å². The lowest BCUT2D eigenvalue weighted by Gasteiger charge is -2.08. The number of amides is 1. The summed E-state index contributed by atoms with van der Waals surface area (Å²) in [6.45, 7) is 0. The molecule has 4 nitrogen and oxygen atoms in total. The number of nitrogens with one attached hydrogen (secondary N) is 1. The fourth-order valence-corrected chi connectivity index (χ4v) is 3.61. The number of hydrogen-bond acceptors (Lipinski definition) is 3. The van der Waals surface area contributed by atoms with Gasteiger partial charge in [0.25, 0.3) is 15.9 Å². The molecule has 0 radical (unpaired) electrons. The van der Waals surface area contributed by atoms with Gasteiger partial charge in [0.2, 0.25) is 0 Å². The Balaban J connectivity index is 2.28. The van der Waals surface area contributed by atoms with Crippen molar-refractivity contribution in [3.8, 4) is 0 Å². The van der Waals surface area contributed by atoms with Gasteiger partial charge in [-0.25, -0.2) is 13.1 Å². The highest BCUT2D eigenvalue weighted by atomic mass is 127. The molecule has 0 unspecified atom stereocenters. The first-order valence-electron chi connectivity index (χ1n) is 5.57. The molecule has 8 heteroatoms. The Kier molecular flexibility index (Phi) is 5.29. The molecule has 0 bridgehead atoms. The summed E-state index contributed by atoms with van der Waals surface area (Å²) in [6, 6.07) is 10.7. The molecule has 0 aliphatic heterocycles. The van der Waals surface area contributed by atoms with Crippen LogP contribution in [0.15, 0.2) is 51.8 Å². The van der Waals surface area contributed by atoms with Crippen LogP contribution in [0, 0.1) is 3.57 Å². The Morgan fingerprint density at radius 3 is 2.33 bits per heavy atom. The summed E-state index contributed by atoms with van der Waals surface area (Å²) in [4.78, 5) is 12.1. The molecule has 0 aliphatic carbocycles. The molecule has 0 aliphatic rings. The lowest BCUT2D eigenvalue weighted by atomic mass is 10.2. The number of rotatable bonds is 3. The van der Waals surface area contributed by atoms with Crippen LogP contribution in [0.4, 0.5) is 0 Å². The van der Waals surface area contributed by atoms with Crippen molar-refractivity contribution in [1.82, 2.24) is 4.72 Å². The molecule has 0 heterocycles. The summed E-state index contributed by atoms with van der Waals surface area (Å²) < 4.78 is 27.8. The second-order valence-corrected chi connectivity index (χ2v) is 8.26. The van der Waals surface area contributed by atoms with Gasteiger partial charge in [0.1, 0.15) is 0 Å². The first kappa shape index (κ1) is 16.7. The molecular weight excluding hydrogens is 492 g/mol. The Morgan fingerprint density at radius 2 is 1.76 bits per heavy atom. The summed E-state index contributed by atoms with van der Waals surface area (Å²) >= 11 is 11.2. The molecule has 21 heavy (non-hydrogen) atoms. The maximum atomic E-state index is 12.1. The van der Waals surface area contributed by atoms with Gasteiger partial charge in [-0.05, 0) is 65.1 Å².